The highest BCUT2D eigenvalue weighted by atomic mass is 32.2. The van der Waals surface area contributed by atoms with Crippen LogP contribution in [0.1, 0.15) is 26.0 Å². The molecule has 0 saturated carbocycles. The molecular weight excluding hydrogens is 298 g/mol. The molecule has 0 saturated heterocycles. The van der Waals surface area contributed by atoms with Crippen LogP contribution in [0.3, 0.4) is 0 Å². The monoisotopic (exact) mass is 311 g/mol. The van der Waals surface area contributed by atoms with Gasteiger partial charge in [-0.15, -0.1) is 11.3 Å². The van der Waals surface area contributed by atoms with Gasteiger partial charge in [-0.2, -0.15) is 11.8 Å². The molecule has 0 spiro atoms. The fourth-order valence-corrected chi connectivity index (χ4v) is 2.77. The molecule has 1 N–H and O–H groups in total. The van der Waals surface area contributed by atoms with E-state index in [4.69, 9.17) is 4.42 Å². The van der Waals surface area contributed by atoms with E-state index in [1.165, 1.54) is 18.4 Å². The lowest BCUT2D eigenvalue weighted by atomic mass is 10.3. The number of thiophene rings is 1. The summed E-state index contributed by atoms with van der Waals surface area (Å²) in [5.41, 5.74) is 0.426. The standard InChI is InChI=1S/C13H13NO4S2/c1-17-13(16)11-9(5-6-20-11)14-12(15)10-4-3-8(18-10)7-19-2/h3-6H,7H2,1-2H3,(H,14,15). The van der Waals surface area contributed by atoms with Gasteiger partial charge in [0.1, 0.15) is 10.6 Å². The van der Waals surface area contributed by atoms with Crippen molar-refractivity contribution in [3.63, 3.8) is 0 Å². The predicted molar refractivity (Wildman–Crippen MR) is 79.5 cm³/mol. The van der Waals surface area contributed by atoms with Gasteiger partial charge in [0.15, 0.2) is 5.76 Å². The summed E-state index contributed by atoms with van der Waals surface area (Å²) in [6, 6.07) is 5.03. The van der Waals surface area contributed by atoms with Gasteiger partial charge in [-0.25, -0.2) is 4.79 Å². The number of nitrogens with one attached hydrogen (secondary N) is 1. The van der Waals surface area contributed by atoms with E-state index in [9.17, 15) is 9.59 Å². The second-order valence-corrected chi connectivity index (χ2v) is 5.59. The number of carbonyl (C=O) groups excluding carboxylic acids is 2. The topological polar surface area (TPSA) is 68.5 Å². The molecule has 2 heterocycles. The quantitative estimate of drug-likeness (QED) is 0.859. The maximum absolute atomic E-state index is 12.0. The molecule has 0 aliphatic carbocycles. The Balaban J connectivity index is 2.11. The largest absolute Gasteiger partial charge is 0.465 e. The first-order valence-electron chi connectivity index (χ1n) is 5.70. The molecule has 0 aromatic carbocycles. The molecule has 0 aliphatic heterocycles. The van der Waals surface area contributed by atoms with Crippen molar-refractivity contribution in [1.29, 1.82) is 0 Å². The zero-order valence-corrected chi connectivity index (χ0v) is 12.6. The molecule has 20 heavy (non-hydrogen) atoms. The molecule has 0 fully saturated rings. The Hall–Kier alpha value is -1.73. The van der Waals surface area contributed by atoms with E-state index in [2.05, 4.69) is 10.1 Å². The summed E-state index contributed by atoms with van der Waals surface area (Å²) in [5, 5.41) is 4.36. The Morgan fingerprint density at radius 1 is 1.40 bits per heavy atom. The zero-order valence-electron chi connectivity index (χ0n) is 11.0. The number of hydrogen-bond donors (Lipinski definition) is 1. The molecule has 0 bridgehead atoms. The normalized spacial score (nSPS) is 10.3. The molecule has 2 aromatic heterocycles. The Bertz CT molecular complexity index is 617. The Kier molecular flexibility index (Phi) is 4.86. The summed E-state index contributed by atoms with van der Waals surface area (Å²) in [4.78, 5) is 23.9. The summed E-state index contributed by atoms with van der Waals surface area (Å²) >= 11 is 2.82. The van der Waals surface area contributed by atoms with Crippen LogP contribution in [0.25, 0.3) is 0 Å². The minimum absolute atomic E-state index is 0.219. The van der Waals surface area contributed by atoms with Gasteiger partial charge in [0, 0.05) is 0 Å². The Labute approximate surface area is 124 Å². The number of anilines is 1. The number of thioether (sulfide) groups is 1. The van der Waals surface area contributed by atoms with E-state index in [1.807, 2.05) is 6.26 Å². The number of esters is 1. The zero-order chi connectivity index (χ0) is 14.5. The molecule has 7 heteroatoms. The number of methoxy groups -OCH3 is 1. The molecule has 5 nitrogen and oxygen atoms in total. The van der Waals surface area contributed by atoms with Crippen LogP contribution in [-0.2, 0) is 10.5 Å². The van der Waals surface area contributed by atoms with Crippen LogP contribution in [0, 0.1) is 0 Å². The van der Waals surface area contributed by atoms with Crippen molar-refractivity contribution in [2.45, 2.75) is 5.75 Å². The highest BCUT2D eigenvalue weighted by molar-refractivity contribution is 7.97. The minimum atomic E-state index is -0.474. The van der Waals surface area contributed by atoms with Gasteiger partial charge in [0.2, 0.25) is 0 Å². The average molecular weight is 311 g/mol. The van der Waals surface area contributed by atoms with Crippen LogP contribution in [0.15, 0.2) is 28.0 Å². The maximum atomic E-state index is 12.0. The number of amides is 1. The fraction of sp³-hybridized carbons (Fsp3) is 0.231. The highest BCUT2D eigenvalue weighted by Gasteiger charge is 2.18. The summed E-state index contributed by atoms with van der Waals surface area (Å²) in [6.45, 7) is 0. The van der Waals surface area contributed by atoms with E-state index in [-0.39, 0.29) is 11.7 Å². The second-order valence-electron chi connectivity index (χ2n) is 3.81. The van der Waals surface area contributed by atoms with Crippen LogP contribution in [0.4, 0.5) is 5.69 Å². The van der Waals surface area contributed by atoms with Crippen molar-refractivity contribution < 1.29 is 18.7 Å². The summed E-state index contributed by atoms with van der Waals surface area (Å²) in [7, 11) is 1.30. The van der Waals surface area contributed by atoms with Gasteiger partial charge in [-0.05, 0) is 29.8 Å². The number of hydrogen-bond acceptors (Lipinski definition) is 6. The molecule has 1 amide bonds. The predicted octanol–water partition coefficient (Wildman–Crippen LogP) is 3.24. The molecule has 2 rings (SSSR count). The van der Waals surface area contributed by atoms with Crippen molar-refractivity contribution in [3.8, 4) is 0 Å². The fourth-order valence-electron chi connectivity index (χ4n) is 1.56. The van der Waals surface area contributed by atoms with Gasteiger partial charge < -0.3 is 14.5 Å². The third-order valence-corrected chi connectivity index (χ3v) is 3.92. The number of ether oxygens (including phenoxy) is 1. The van der Waals surface area contributed by atoms with E-state index >= 15 is 0 Å². The van der Waals surface area contributed by atoms with Gasteiger partial charge >= 0.3 is 5.97 Å². The Morgan fingerprint density at radius 3 is 2.90 bits per heavy atom. The first-order chi connectivity index (χ1) is 9.65. The van der Waals surface area contributed by atoms with Crippen molar-refractivity contribution >= 4 is 40.7 Å². The van der Waals surface area contributed by atoms with Crippen LogP contribution in [0.5, 0.6) is 0 Å². The third-order valence-electron chi connectivity index (χ3n) is 2.46. The molecule has 0 radical (unpaired) electrons. The molecular formula is C13H13NO4S2. The van der Waals surface area contributed by atoms with Gasteiger partial charge in [0.25, 0.3) is 5.91 Å². The van der Waals surface area contributed by atoms with E-state index in [0.29, 0.717) is 16.3 Å². The summed E-state index contributed by atoms with van der Waals surface area (Å²) < 4.78 is 10.1. The van der Waals surface area contributed by atoms with Crippen molar-refractivity contribution in [3.05, 3.63) is 40.0 Å². The van der Waals surface area contributed by atoms with Gasteiger partial charge in [-0.1, -0.05) is 0 Å². The average Bonchev–Trinajstić information content (AvgIpc) is 3.07. The lowest BCUT2D eigenvalue weighted by Gasteiger charge is -2.03. The molecule has 2 aromatic rings. The summed E-state index contributed by atoms with van der Waals surface area (Å²) in [5.74, 6) is 0.801. The molecule has 0 aliphatic rings. The number of carbonyl (C=O) groups is 2. The van der Waals surface area contributed by atoms with Gasteiger partial charge in [-0.3, -0.25) is 4.79 Å². The smallest absolute Gasteiger partial charge is 0.350 e. The van der Waals surface area contributed by atoms with E-state index in [1.54, 1.807) is 35.3 Å². The first kappa shape index (κ1) is 14.7. The SMILES string of the molecule is COC(=O)c1sccc1NC(=O)c1ccc(CSC)o1. The Morgan fingerprint density at radius 2 is 2.20 bits per heavy atom. The minimum Gasteiger partial charge on any atom is -0.465 e. The number of rotatable bonds is 5. The van der Waals surface area contributed by atoms with Crippen LogP contribution in [-0.4, -0.2) is 25.2 Å². The van der Waals surface area contributed by atoms with Crippen LogP contribution < -0.4 is 5.32 Å². The summed E-state index contributed by atoms with van der Waals surface area (Å²) in [6.07, 6.45) is 1.95. The van der Waals surface area contributed by atoms with Crippen LogP contribution >= 0.6 is 23.1 Å². The van der Waals surface area contributed by atoms with Crippen molar-refractivity contribution in [2.75, 3.05) is 18.7 Å². The van der Waals surface area contributed by atoms with Gasteiger partial charge in [0.05, 0.1) is 18.6 Å². The van der Waals surface area contributed by atoms with E-state index in [0.717, 1.165) is 5.76 Å². The molecule has 0 unspecified atom stereocenters. The van der Waals surface area contributed by atoms with Crippen LogP contribution in [0.2, 0.25) is 0 Å². The first-order valence-corrected chi connectivity index (χ1v) is 7.98. The molecule has 106 valence electrons. The number of furan rings is 1. The second kappa shape index (κ2) is 6.62. The lowest BCUT2D eigenvalue weighted by Crippen LogP contribution is -2.13. The lowest BCUT2D eigenvalue weighted by molar-refractivity contribution is 0.0607. The van der Waals surface area contributed by atoms with Crippen molar-refractivity contribution in [2.24, 2.45) is 0 Å². The maximum Gasteiger partial charge on any atom is 0.350 e. The molecule has 0 atom stereocenters. The highest BCUT2D eigenvalue weighted by Crippen LogP contribution is 2.24. The van der Waals surface area contributed by atoms with Crippen molar-refractivity contribution in [1.82, 2.24) is 0 Å². The third kappa shape index (κ3) is 3.23. The van der Waals surface area contributed by atoms with E-state index < -0.39 is 5.97 Å².